The van der Waals surface area contributed by atoms with E-state index in [2.05, 4.69) is 17.4 Å². The van der Waals surface area contributed by atoms with Gasteiger partial charge in [0.15, 0.2) is 0 Å². The minimum absolute atomic E-state index is 0.142. The number of fused-ring (bicyclic) bond motifs is 2. The summed E-state index contributed by atoms with van der Waals surface area (Å²) in [6, 6.07) is 6.25. The molecule has 2 bridgehead atoms. The Hall–Kier alpha value is -1.30. The van der Waals surface area contributed by atoms with Gasteiger partial charge in [-0.25, -0.2) is 4.79 Å². The van der Waals surface area contributed by atoms with Crippen LogP contribution in [0.2, 0.25) is 5.02 Å². The molecule has 25 heavy (non-hydrogen) atoms. The number of benzene rings is 1. The number of nitrogens with zero attached hydrogens (tertiary/aromatic N) is 1. The molecule has 6 heteroatoms. The van der Waals surface area contributed by atoms with Crippen LogP contribution in [-0.4, -0.2) is 42.3 Å². The number of piperazine rings is 1. The van der Waals surface area contributed by atoms with E-state index in [1.165, 1.54) is 0 Å². The molecule has 1 aromatic carbocycles. The maximum Gasteiger partial charge on any atom is 0.411 e. The van der Waals surface area contributed by atoms with Crippen molar-refractivity contribution in [2.75, 3.05) is 19.6 Å². The quantitative estimate of drug-likeness (QED) is 0.863. The standard InChI is InChI=1S/C19H28ClN3O2/c1-18(2,3)25-17(24)23-14-6-8-19(23,12-22-11-14)15-5-4-13(7-9-21)10-16(15)20/h4-5,10,14,22H,6-9,11-12,21H2,1-3H3. The minimum Gasteiger partial charge on any atom is -0.444 e. The summed E-state index contributed by atoms with van der Waals surface area (Å²) in [6.45, 7) is 7.78. The second kappa shape index (κ2) is 6.78. The van der Waals surface area contributed by atoms with E-state index in [1.54, 1.807) is 0 Å². The monoisotopic (exact) mass is 365 g/mol. The summed E-state index contributed by atoms with van der Waals surface area (Å²) < 4.78 is 5.71. The van der Waals surface area contributed by atoms with Gasteiger partial charge in [-0.1, -0.05) is 23.7 Å². The highest BCUT2D eigenvalue weighted by atomic mass is 35.5. The van der Waals surface area contributed by atoms with E-state index in [1.807, 2.05) is 31.7 Å². The molecule has 2 aliphatic heterocycles. The normalized spacial score (nSPS) is 26.0. The molecule has 3 rings (SSSR count). The number of nitrogens with one attached hydrogen (secondary N) is 1. The summed E-state index contributed by atoms with van der Waals surface area (Å²) in [6.07, 6.45) is 2.38. The third-order valence-corrected chi connectivity index (χ3v) is 5.39. The molecule has 0 spiro atoms. The number of nitrogens with two attached hydrogens (primary N) is 1. The molecule has 2 fully saturated rings. The Labute approximate surface area is 154 Å². The molecule has 1 amide bonds. The Morgan fingerprint density at radius 2 is 2.24 bits per heavy atom. The van der Waals surface area contributed by atoms with Crippen LogP contribution in [0.4, 0.5) is 4.79 Å². The average Bonchev–Trinajstić information content (AvgIpc) is 2.73. The number of carbonyl (C=O) groups is 1. The zero-order valence-electron chi connectivity index (χ0n) is 15.3. The van der Waals surface area contributed by atoms with Crippen LogP contribution in [-0.2, 0) is 16.7 Å². The van der Waals surface area contributed by atoms with E-state index in [4.69, 9.17) is 22.1 Å². The molecular weight excluding hydrogens is 338 g/mol. The second-order valence-electron chi connectivity index (χ2n) is 8.06. The zero-order valence-corrected chi connectivity index (χ0v) is 16.0. The van der Waals surface area contributed by atoms with E-state index < -0.39 is 11.1 Å². The van der Waals surface area contributed by atoms with Crippen LogP contribution < -0.4 is 11.1 Å². The van der Waals surface area contributed by atoms with Crippen LogP contribution in [0.3, 0.4) is 0 Å². The number of rotatable bonds is 3. The van der Waals surface area contributed by atoms with E-state index in [0.29, 0.717) is 18.1 Å². The van der Waals surface area contributed by atoms with Crippen LogP contribution in [0, 0.1) is 0 Å². The fourth-order valence-electron chi connectivity index (χ4n) is 4.07. The number of halogens is 1. The Balaban J connectivity index is 1.98. The van der Waals surface area contributed by atoms with Gasteiger partial charge in [-0.3, -0.25) is 4.90 Å². The highest BCUT2D eigenvalue weighted by Gasteiger charge is 2.54. The molecule has 3 N–H and O–H groups in total. The molecular formula is C19H28ClN3O2. The first kappa shape index (κ1) is 18.5. The summed E-state index contributed by atoms with van der Waals surface area (Å²) >= 11 is 6.64. The van der Waals surface area contributed by atoms with Crippen LogP contribution in [0.1, 0.15) is 44.7 Å². The Kier molecular flexibility index (Phi) is 5.02. The van der Waals surface area contributed by atoms with Gasteiger partial charge in [-0.15, -0.1) is 0 Å². The van der Waals surface area contributed by atoms with Crippen molar-refractivity contribution in [1.82, 2.24) is 10.2 Å². The Bertz CT molecular complexity index is 655. The molecule has 0 saturated carbocycles. The van der Waals surface area contributed by atoms with Crippen LogP contribution in [0.5, 0.6) is 0 Å². The van der Waals surface area contributed by atoms with Gasteiger partial charge in [0.1, 0.15) is 5.60 Å². The molecule has 2 atom stereocenters. The molecule has 2 saturated heterocycles. The van der Waals surface area contributed by atoms with Crippen molar-refractivity contribution in [2.45, 2.75) is 57.2 Å². The first-order valence-electron chi connectivity index (χ1n) is 8.99. The highest BCUT2D eigenvalue weighted by molar-refractivity contribution is 6.31. The fourth-order valence-corrected chi connectivity index (χ4v) is 4.45. The third kappa shape index (κ3) is 3.50. The smallest absolute Gasteiger partial charge is 0.411 e. The lowest BCUT2D eigenvalue weighted by Gasteiger charge is -2.46. The summed E-state index contributed by atoms with van der Waals surface area (Å²) in [4.78, 5) is 14.9. The molecule has 1 aromatic rings. The van der Waals surface area contributed by atoms with Gasteiger partial charge in [-0.05, 0) is 63.8 Å². The van der Waals surface area contributed by atoms with Gasteiger partial charge in [0.2, 0.25) is 0 Å². The van der Waals surface area contributed by atoms with Crippen molar-refractivity contribution in [3.05, 3.63) is 34.3 Å². The van der Waals surface area contributed by atoms with Gasteiger partial charge in [-0.2, -0.15) is 0 Å². The van der Waals surface area contributed by atoms with Gasteiger partial charge < -0.3 is 15.8 Å². The van der Waals surface area contributed by atoms with E-state index in [9.17, 15) is 4.79 Å². The van der Waals surface area contributed by atoms with E-state index in [-0.39, 0.29) is 12.1 Å². The van der Waals surface area contributed by atoms with Gasteiger partial charge in [0.25, 0.3) is 0 Å². The third-order valence-electron chi connectivity index (χ3n) is 5.07. The molecule has 2 heterocycles. The van der Waals surface area contributed by atoms with Crippen molar-refractivity contribution in [3.8, 4) is 0 Å². The molecule has 0 radical (unpaired) electrons. The predicted octanol–water partition coefficient (Wildman–Crippen LogP) is 3.04. The van der Waals surface area contributed by atoms with Gasteiger partial charge in [0, 0.05) is 24.2 Å². The van der Waals surface area contributed by atoms with E-state index >= 15 is 0 Å². The molecule has 0 aliphatic carbocycles. The molecule has 2 aliphatic rings. The summed E-state index contributed by atoms with van der Waals surface area (Å²) in [5, 5.41) is 4.17. The SMILES string of the molecule is CC(C)(C)OC(=O)N1C2CCC1(c1ccc(CCN)cc1Cl)CNC2. The van der Waals surface area contributed by atoms with Crippen LogP contribution in [0.15, 0.2) is 18.2 Å². The van der Waals surface area contributed by atoms with E-state index in [0.717, 1.165) is 36.9 Å². The van der Waals surface area contributed by atoms with Crippen LogP contribution >= 0.6 is 11.6 Å². The Morgan fingerprint density at radius 1 is 1.48 bits per heavy atom. The minimum atomic E-state index is -0.517. The topological polar surface area (TPSA) is 67.6 Å². The molecule has 0 aromatic heterocycles. The first-order chi connectivity index (χ1) is 11.8. The lowest BCUT2D eigenvalue weighted by molar-refractivity contribution is -0.0114. The molecule has 2 unspecified atom stereocenters. The van der Waals surface area contributed by atoms with Gasteiger partial charge in [0.05, 0.1) is 5.54 Å². The summed E-state index contributed by atoms with van der Waals surface area (Å²) in [5.41, 5.74) is 6.81. The zero-order chi connectivity index (χ0) is 18.2. The van der Waals surface area contributed by atoms with Gasteiger partial charge >= 0.3 is 6.09 Å². The van der Waals surface area contributed by atoms with Crippen molar-refractivity contribution in [1.29, 1.82) is 0 Å². The van der Waals surface area contributed by atoms with Crippen molar-refractivity contribution >= 4 is 17.7 Å². The summed E-state index contributed by atoms with van der Waals surface area (Å²) in [5.74, 6) is 0. The lowest BCUT2D eigenvalue weighted by Crippen LogP contribution is -2.61. The van der Waals surface area contributed by atoms with Crippen molar-refractivity contribution < 1.29 is 9.53 Å². The maximum absolute atomic E-state index is 13.0. The largest absolute Gasteiger partial charge is 0.444 e. The van der Waals surface area contributed by atoms with Crippen molar-refractivity contribution in [2.24, 2.45) is 5.73 Å². The predicted molar refractivity (Wildman–Crippen MR) is 99.9 cm³/mol. The molecule has 5 nitrogen and oxygen atoms in total. The van der Waals surface area contributed by atoms with Crippen LogP contribution in [0.25, 0.3) is 0 Å². The summed E-state index contributed by atoms with van der Waals surface area (Å²) in [7, 11) is 0. The highest BCUT2D eigenvalue weighted by Crippen LogP contribution is 2.47. The lowest BCUT2D eigenvalue weighted by atomic mass is 9.86. The Morgan fingerprint density at radius 3 is 2.88 bits per heavy atom. The number of ether oxygens (including phenoxy) is 1. The molecule has 138 valence electrons. The fraction of sp³-hybridized carbons (Fsp3) is 0.632. The first-order valence-corrected chi connectivity index (χ1v) is 9.37. The number of carbonyl (C=O) groups excluding carboxylic acids is 1. The van der Waals surface area contributed by atoms with Crippen molar-refractivity contribution in [3.63, 3.8) is 0 Å². The number of hydrogen-bond donors (Lipinski definition) is 2. The number of amides is 1. The second-order valence-corrected chi connectivity index (χ2v) is 8.47. The maximum atomic E-state index is 13.0. The number of hydrogen-bond acceptors (Lipinski definition) is 4. The average molecular weight is 366 g/mol.